The van der Waals surface area contributed by atoms with Crippen LogP contribution in [0.25, 0.3) is 11.1 Å². The molecule has 2 aromatic carbocycles. The molecule has 0 aliphatic heterocycles. The van der Waals surface area contributed by atoms with Crippen molar-refractivity contribution in [2.75, 3.05) is 0 Å². The maximum absolute atomic E-state index is 2.40. The molecule has 0 heterocycles. The molecular formula is C23H26Cl2Zr. The average Bonchev–Trinajstić information content (AvgIpc) is 3.08. The molecule has 3 heteroatoms. The van der Waals surface area contributed by atoms with Gasteiger partial charge in [0.15, 0.2) is 0 Å². The molecule has 0 N–H and O–H groups in total. The molecule has 0 amide bonds. The van der Waals surface area contributed by atoms with Crippen LogP contribution < -0.4 is 0 Å². The SMILES string of the molecule is CC1=[C]([Zr](=[C](C)C)[CH]2c3ccccc3-c3ccccc32)C(C)C=C1.Cl.Cl. The average molecular weight is 465 g/mol. The molecule has 2 aromatic rings. The van der Waals surface area contributed by atoms with Crippen molar-refractivity contribution >= 4 is 28.0 Å². The van der Waals surface area contributed by atoms with Gasteiger partial charge in [-0.1, -0.05) is 0 Å². The van der Waals surface area contributed by atoms with Gasteiger partial charge in [-0.2, -0.15) is 0 Å². The Hall–Kier alpha value is -0.747. The summed E-state index contributed by atoms with van der Waals surface area (Å²) in [5.41, 5.74) is 7.63. The van der Waals surface area contributed by atoms with Crippen molar-refractivity contribution in [1.82, 2.24) is 0 Å². The van der Waals surface area contributed by atoms with Crippen LogP contribution in [-0.4, -0.2) is 3.21 Å². The van der Waals surface area contributed by atoms with Crippen LogP contribution in [0.4, 0.5) is 0 Å². The van der Waals surface area contributed by atoms with Gasteiger partial charge < -0.3 is 0 Å². The number of halogens is 2. The van der Waals surface area contributed by atoms with Crippen molar-refractivity contribution in [2.24, 2.45) is 5.92 Å². The fraction of sp³-hybridized carbons (Fsp3) is 0.261. The Morgan fingerprint density at radius 3 is 1.77 bits per heavy atom. The van der Waals surface area contributed by atoms with Crippen LogP contribution in [0, 0.1) is 5.92 Å². The zero-order valence-electron chi connectivity index (χ0n) is 15.7. The second-order valence-electron chi connectivity index (χ2n) is 7.27. The van der Waals surface area contributed by atoms with Crippen LogP contribution in [0.5, 0.6) is 0 Å². The first-order valence-corrected chi connectivity index (χ1v) is 12.7. The van der Waals surface area contributed by atoms with Crippen LogP contribution in [-0.2, 0) is 21.3 Å². The van der Waals surface area contributed by atoms with Crippen LogP contribution in [0.15, 0.2) is 69.5 Å². The summed E-state index contributed by atoms with van der Waals surface area (Å²) >= 11 is -1.99. The number of fused-ring (bicyclic) bond motifs is 3. The summed E-state index contributed by atoms with van der Waals surface area (Å²) in [6.45, 7) is 9.50. The van der Waals surface area contributed by atoms with Crippen LogP contribution in [0.1, 0.15) is 42.4 Å². The minimum atomic E-state index is -1.99. The van der Waals surface area contributed by atoms with Crippen molar-refractivity contribution in [3.63, 3.8) is 0 Å². The summed E-state index contributed by atoms with van der Waals surface area (Å²) in [5.74, 6) is 0.620. The van der Waals surface area contributed by atoms with E-state index in [4.69, 9.17) is 0 Å². The van der Waals surface area contributed by atoms with Crippen molar-refractivity contribution in [3.8, 4) is 11.1 Å². The Balaban J connectivity index is 0.00000121. The molecule has 0 aromatic heterocycles. The predicted octanol–water partition coefficient (Wildman–Crippen LogP) is 6.91. The van der Waals surface area contributed by atoms with E-state index in [0.29, 0.717) is 9.54 Å². The first kappa shape index (κ1) is 21.6. The third-order valence-corrected chi connectivity index (χ3v) is 14.6. The Morgan fingerprint density at radius 2 is 1.35 bits per heavy atom. The molecule has 0 saturated carbocycles. The number of hydrogen-bond acceptors (Lipinski definition) is 0. The number of allylic oxidation sites excluding steroid dienone is 4. The molecule has 2 aliphatic rings. The third kappa shape index (κ3) is 3.39. The van der Waals surface area contributed by atoms with Gasteiger partial charge in [0, 0.05) is 0 Å². The monoisotopic (exact) mass is 462 g/mol. The molecule has 0 nitrogen and oxygen atoms in total. The van der Waals surface area contributed by atoms with Gasteiger partial charge in [0.2, 0.25) is 0 Å². The summed E-state index contributed by atoms with van der Waals surface area (Å²) < 4.78 is 4.14. The number of hydrogen-bond donors (Lipinski definition) is 0. The van der Waals surface area contributed by atoms with Gasteiger partial charge in [-0.05, 0) is 0 Å². The molecule has 1 atom stereocenters. The molecule has 0 bridgehead atoms. The predicted molar refractivity (Wildman–Crippen MR) is 116 cm³/mol. The summed E-state index contributed by atoms with van der Waals surface area (Å²) in [5, 5.41) is 0. The molecule has 2 aliphatic carbocycles. The Bertz CT molecular complexity index is 872. The zero-order chi connectivity index (χ0) is 16.8. The van der Waals surface area contributed by atoms with E-state index in [9.17, 15) is 0 Å². The second kappa shape index (κ2) is 8.51. The smallest absolute Gasteiger partial charge is 0.147 e. The minimum Gasteiger partial charge on any atom is -0.147 e. The Kier molecular flexibility index (Phi) is 7.05. The van der Waals surface area contributed by atoms with E-state index in [0.717, 1.165) is 0 Å². The maximum Gasteiger partial charge on any atom is -0.147 e. The van der Waals surface area contributed by atoms with Gasteiger partial charge >= 0.3 is 154 Å². The fourth-order valence-corrected chi connectivity index (χ4v) is 13.4. The second-order valence-corrected chi connectivity index (χ2v) is 14.5. The van der Waals surface area contributed by atoms with Crippen LogP contribution in [0.3, 0.4) is 0 Å². The van der Waals surface area contributed by atoms with E-state index in [1.807, 2.05) is 0 Å². The molecule has 1 unspecified atom stereocenters. The molecule has 4 rings (SSSR count). The van der Waals surface area contributed by atoms with Crippen molar-refractivity contribution in [1.29, 1.82) is 0 Å². The first-order valence-electron chi connectivity index (χ1n) is 8.84. The molecule has 26 heavy (non-hydrogen) atoms. The topological polar surface area (TPSA) is 0 Å². The third-order valence-electron chi connectivity index (χ3n) is 5.47. The molecular weight excluding hydrogens is 438 g/mol. The molecule has 136 valence electrons. The Morgan fingerprint density at radius 1 is 0.846 bits per heavy atom. The fourth-order valence-electron chi connectivity index (χ4n) is 4.47. The maximum atomic E-state index is 2.40. The minimum absolute atomic E-state index is 0. The van der Waals surface area contributed by atoms with Crippen molar-refractivity contribution < 1.29 is 21.3 Å². The van der Waals surface area contributed by atoms with E-state index in [-0.39, 0.29) is 24.8 Å². The zero-order valence-corrected chi connectivity index (χ0v) is 19.8. The number of benzene rings is 2. The molecule has 0 radical (unpaired) electrons. The normalized spacial score (nSPS) is 17.3. The number of rotatable bonds is 2. The Labute approximate surface area is 177 Å². The van der Waals surface area contributed by atoms with Crippen LogP contribution in [0.2, 0.25) is 0 Å². The van der Waals surface area contributed by atoms with Crippen LogP contribution >= 0.6 is 24.8 Å². The summed E-state index contributed by atoms with van der Waals surface area (Å²) in [6, 6.07) is 18.2. The molecule has 0 saturated heterocycles. The van der Waals surface area contributed by atoms with Gasteiger partial charge in [-0.3, -0.25) is 0 Å². The molecule has 0 spiro atoms. The summed E-state index contributed by atoms with van der Waals surface area (Å²) in [4.78, 5) is 0. The largest absolute Gasteiger partial charge is 0.147 e. The summed E-state index contributed by atoms with van der Waals surface area (Å²) in [6.07, 6.45) is 4.76. The van der Waals surface area contributed by atoms with Gasteiger partial charge in [-0.15, -0.1) is 24.8 Å². The van der Waals surface area contributed by atoms with Crippen molar-refractivity contribution in [3.05, 3.63) is 80.7 Å². The first-order chi connectivity index (χ1) is 11.6. The van der Waals surface area contributed by atoms with E-state index < -0.39 is 21.3 Å². The summed E-state index contributed by atoms with van der Waals surface area (Å²) in [7, 11) is 0. The van der Waals surface area contributed by atoms with E-state index in [2.05, 4.69) is 88.4 Å². The van der Waals surface area contributed by atoms with E-state index in [1.54, 1.807) is 23.2 Å². The molecule has 0 fully saturated rings. The van der Waals surface area contributed by atoms with Gasteiger partial charge in [0.1, 0.15) is 0 Å². The standard InChI is InChI=1S/C13H9.C7H9.C3H6.2ClH.Zr/c1-3-7-12-10(5-1)9-11-6-2-4-8-13(11)12;1-6-3-4-7(2)5-6;1-3-2;;;/h1-9H;3-4,6H,1-2H3;1-2H3;2*1H;. The quantitative estimate of drug-likeness (QED) is 0.453. The van der Waals surface area contributed by atoms with Gasteiger partial charge in [-0.25, -0.2) is 0 Å². The van der Waals surface area contributed by atoms with Gasteiger partial charge in [0.25, 0.3) is 0 Å². The van der Waals surface area contributed by atoms with E-state index in [1.165, 1.54) is 11.1 Å². The van der Waals surface area contributed by atoms with Crippen molar-refractivity contribution in [2.45, 2.75) is 31.3 Å². The van der Waals surface area contributed by atoms with E-state index >= 15 is 0 Å². The van der Waals surface area contributed by atoms with Gasteiger partial charge in [0.05, 0.1) is 0 Å².